The molecule has 0 heterocycles. The van der Waals surface area contributed by atoms with Gasteiger partial charge in [0.05, 0.1) is 12.7 Å². The Kier molecular flexibility index (Phi) is 6.49. The van der Waals surface area contributed by atoms with Crippen molar-refractivity contribution in [3.05, 3.63) is 108 Å². The van der Waals surface area contributed by atoms with Gasteiger partial charge in [-0.05, 0) is 35.7 Å². The fourth-order valence-corrected chi connectivity index (χ4v) is 3.66. The molecule has 1 amide bonds. The molecule has 160 valence electrons. The molecule has 3 nitrogen and oxygen atoms in total. The SMILES string of the molecule is C=CCC(C(=O)Nc1ccc(OC)c(C(F)(F)F)c1)(c1ccccc1)c1ccccc1. The number of anilines is 1. The van der Waals surface area contributed by atoms with Crippen LogP contribution in [0.25, 0.3) is 0 Å². The van der Waals surface area contributed by atoms with Gasteiger partial charge in [-0.2, -0.15) is 13.2 Å². The number of hydrogen-bond acceptors (Lipinski definition) is 2. The first kappa shape index (κ1) is 22.2. The Balaban J connectivity index is 2.11. The molecule has 0 spiro atoms. The topological polar surface area (TPSA) is 38.3 Å². The lowest BCUT2D eigenvalue weighted by Gasteiger charge is -2.33. The number of methoxy groups -OCH3 is 1. The van der Waals surface area contributed by atoms with Crippen molar-refractivity contribution in [3.8, 4) is 5.75 Å². The van der Waals surface area contributed by atoms with Gasteiger partial charge in [-0.15, -0.1) is 6.58 Å². The second-order valence-corrected chi connectivity index (χ2v) is 7.00. The first-order chi connectivity index (χ1) is 14.8. The number of nitrogens with one attached hydrogen (secondary N) is 1. The van der Waals surface area contributed by atoms with Crippen LogP contribution in [0.15, 0.2) is 91.5 Å². The van der Waals surface area contributed by atoms with E-state index in [1.807, 2.05) is 60.7 Å². The van der Waals surface area contributed by atoms with Crippen LogP contribution in [0.2, 0.25) is 0 Å². The number of benzene rings is 3. The van der Waals surface area contributed by atoms with Gasteiger partial charge in [0.2, 0.25) is 5.91 Å². The predicted octanol–water partition coefficient (Wildman–Crippen LogP) is 6.21. The first-order valence-corrected chi connectivity index (χ1v) is 9.61. The van der Waals surface area contributed by atoms with Gasteiger partial charge in [0.15, 0.2) is 0 Å². The van der Waals surface area contributed by atoms with Crippen molar-refractivity contribution >= 4 is 11.6 Å². The highest BCUT2D eigenvalue weighted by Gasteiger charge is 2.41. The summed E-state index contributed by atoms with van der Waals surface area (Å²) in [6, 6.07) is 21.7. The molecule has 3 aromatic carbocycles. The van der Waals surface area contributed by atoms with Gasteiger partial charge in [0.1, 0.15) is 11.2 Å². The summed E-state index contributed by atoms with van der Waals surface area (Å²) >= 11 is 0. The molecule has 0 bridgehead atoms. The van der Waals surface area contributed by atoms with Gasteiger partial charge in [-0.25, -0.2) is 0 Å². The summed E-state index contributed by atoms with van der Waals surface area (Å²) in [5, 5.41) is 2.69. The predicted molar refractivity (Wildman–Crippen MR) is 115 cm³/mol. The third-order valence-electron chi connectivity index (χ3n) is 5.13. The Hall–Kier alpha value is -3.54. The van der Waals surface area contributed by atoms with E-state index in [1.165, 1.54) is 19.2 Å². The van der Waals surface area contributed by atoms with E-state index < -0.39 is 23.1 Å². The number of ether oxygens (including phenoxy) is 1. The van der Waals surface area contributed by atoms with E-state index in [0.29, 0.717) is 11.1 Å². The van der Waals surface area contributed by atoms with Crippen LogP contribution in [-0.2, 0) is 16.4 Å². The molecule has 0 aliphatic heterocycles. The molecule has 1 N–H and O–H groups in total. The van der Waals surface area contributed by atoms with Gasteiger partial charge < -0.3 is 10.1 Å². The van der Waals surface area contributed by atoms with Crippen LogP contribution in [0.5, 0.6) is 5.75 Å². The first-order valence-electron chi connectivity index (χ1n) is 9.61. The zero-order chi connectivity index (χ0) is 22.5. The fourth-order valence-electron chi connectivity index (χ4n) is 3.66. The van der Waals surface area contributed by atoms with Crippen molar-refractivity contribution in [2.24, 2.45) is 0 Å². The van der Waals surface area contributed by atoms with Crippen LogP contribution in [-0.4, -0.2) is 13.0 Å². The van der Waals surface area contributed by atoms with Crippen LogP contribution in [0.4, 0.5) is 18.9 Å². The summed E-state index contributed by atoms with van der Waals surface area (Å²) in [5.74, 6) is -0.767. The standard InChI is InChI=1S/C25H22F3NO2/c1-3-16-24(18-10-6-4-7-11-18,19-12-8-5-9-13-19)23(30)29-20-14-15-22(31-2)21(17-20)25(26,27)28/h3-15,17H,1,16H2,2H3,(H,29,30). The summed E-state index contributed by atoms with van der Waals surface area (Å²) in [6.07, 6.45) is -2.73. The number of carbonyl (C=O) groups excluding carboxylic acids is 1. The second kappa shape index (κ2) is 9.08. The summed E-state index contributed by atoms with van der Waals surface area (Å²) in [7, 11) is 1.17. The quantitative estimate of drug-likeness (QED) is 0.457. The average molecular weight is 425 g/mol. The van der Waals surface area contributed by atoms with E-state index in [0.717, 1.165) is 6.07 Å². The highest BCUT2D eigenvalue weighted by atomic mass is 19.4. The molecule has 3 rings (SSSR count). The third-order valence-corrected chi connectivity index (χ3v) is 5.13. The van der Waals surface area contributed by atoms with Crippen molar-refractivity contribution in [1.82, 2.24) is 0 Å². The number of halogens is 3. The highest BCUT2D eigenvalue weighted by molar-refractivity contribution is 6.02. The maximum Gasteiger partial charge on any atom is 0.420 e. The zero-order valence-corrected chi connectivity index (χ0v) is 16.9. The molecule has 3 aromatic rings. The molecular weight excluding hydrogens is 403 g/mol. The van der Waals surface area contributed by atoms with Crippen molar-refractivity contribution in [2.45, 2.75) is 18.0 Å². The minimum atomic E-state index is -4.62. The number of rotatable bonds is 7. The van der Waals surface area contributed by atoms with E-state index in [4.69, 9.17) is 4.74 Å². The third kappa shape index (κ3) is 4.48. The average Bonchev–Trinajstić information content (AvgIpc) is 2.78. The Morgan fingerprint density at radius 1 is 0.968 bits per heavy atom. The minimum Gasteiger partial charge on any atom is -0.496 e. The molecular formula is C25H22F3NO2. The van der Waals surface area contributed by atoms with E-state index >= 15 is 0 Å². The summed E-state index contributed by atoms with van der Waals surface area (Å²) in [5.41, 5.74) is -0.672. The molecule has 0 aliphatic rings. The van der Waals surface area contributed by atoms with E-state index in [2.05, 4.69) is 11.9 Å². The molecule has 0 radical (unpaired) electrons. The van der Waals surface area contributed by atoms with Gasteiger partial charge in [-0.1, -0.05) is 66.7 Å². The monoisotopic (exact) mass is 425 g/mol. The molecule has 0 fully saturated rings. The number of amides is 1. The second-order valence-electron chi connectivity index (χ2n) is 7.00. The molecule has 31 heavy (non-hydrogen) atoms. The minimum absolute atomic E-state index is 0.0263. The lowest BCUT2D eigenvalue weighted by atomic mass is 9.71. The summed E-state index contributed by atoms with van der Waals surface area (Å²) in [6.45, 7) is 3.81. The fraction of sp³-hybridized carbons (Fsp3) is 0.160. The Labute approximate surface area is 179 Å². The summed E-state index contributed by atoms with van der Waals surface area (Å²) in [4.78, 5) is 13.7. The van der Waals surface area contributed by atoms with Crippen molar-refractivity contribution in [3.63, 3.8) is 0 Å². The maximum absolute atomic E-state index is 13.7. The number of carbonyl (C=O) groups is 1. The van der Waals surface area contributed by atoms with E-state index in [9.17, 15) is 18.0 Å². The van der Waals surface area contributed by atoms with E-state index in [-0.39, 0.29) is 17.9 Å². The normalized spacial score (nSPS) is 11.6. The van der Waals surface area contributed by atoms with Gasteiger partial charge in [0.25, 0.3) is 0 Å². The van der Waals surface area contributed by atoms with Gasteiger partial charge >= 0.3 is 6.18 Å². The largest absolute Gasteiger partial charge is 0.496 e. The summed E-state index contributed by atoms with van der Waals surface area (Å²) < 4.78 is 45.1. The molecule has 0 unspecified atom stereocenters. The van der Waals surface area contributed by atoms with Crippen LogP contribution in [0, 0.1) is 0 Å². The Morgan fingerprint density at radius 3 is 1.97 bits per heavy atom. The lowest BCUT2D eigenvalue weighted by Crippen LogP contribution is -2.41. The Bertz CT molecular complexity index is 1010. The van der Waals surface area contributed by atoms with E-state index in [1.54, 1.807) is 6.08 Å². The number of hydrogen-bond donors (Lipinski definition) is 1. The molecule has 0 saturated carbocycles. The van der Waals surface area contributed by atoms with Crippen LogP contribution < -0.4 is 10.1 Å². The smallest absolute Gasteiger partial charge is 0.420 e. The van der Waals surface area contributed by atoms with Crippen LogP contribution in [0.1, 0.15) is 23.1 Å². The Morgan fingerprint density at radius 2 is 1.52 bits per heavy atom. The zero-order valence-electron chi connectivity index (χ0n) is 16.9. The van der Waals surface area contributed by atoms with Crippen molar-refractivity contribution in [1.29, 1.82) is 0 Å². The highest BCUT2D eigenvalue weighted by Crippen LogP contribution is 2.40. The van der Waals surface area contributed by atoms with Crippen molar-refractivity contribution in [2.75, 3.05) is 12.4 Å². The molecule has 0 saturated heterocycles. The van der Waals surface area contributed by atoms with Crippen molar-refractivity contribution < 1.29 is 22.7 Å². The molecule has 0 aliphatic carbocycles. The van der Waals surface area contributed by atoms with Gasteiger partial charge in [0, 0.05) is 5.69 Å². The molecule has 6 heteroatoms. The van der Waals surface area contributed by atoms with Gasteiger partial charge in [-0.3, -0.25) is 4.79 Å². The number of allylic oxidation sites excluding steroid dienone is 1. The van der Waals surface area contributed by atoms with Crippen LogP contribution in [0.3, 0.4) is 0 Å². The lowest BCUT2D eigenvalue weighted by molar-refractivity contribution is -0.138. The molecule has 0 aromatic heterocycles. The number of alkyl halides is 3. The molecule has 0 atom stereocenters. The maximum atomic E-state index is 13.7. The van der Waals surface area contributed by atoms with Crippen LogP contribution >= 0.6 is 0 Å².